The molecule has 0 saturated carbocycles. The number of piperidine rings is 2. The van der Waals surface area contributed by atoms with Gasteiger partial charge in [0.25, 0.3) is 0 Å². The molecule has 1 unspecified atom stereocenters. The maximum atomic E-state index is 12.0. The van der Waals surface area contributed by atoms with E-state index in [9.17, 15) is 9.59 Å². The number of nitrogens with one attached hydrogen (secondary N) is 2. The number of urea groups is 1. The molecule has 3 amide bonds. The molecule has 7 nitrogen and oxygen atoms in total. The second-order valence-electron chi connectivity index (χ2n) is 6.91. The molecular weight excluding hydrogens is 308 g/mol. The van der Waals surface area contributed by atoms with Gasteiger partial charge in [0.1, 0.15) is 0 Å². The zero-order chi connectivity index (χ0) is 17.4. The van der Waals surface area contributed by atoms with Gasteiger partial charge >= 0.3 is 12.1 Å². The zero-order valence-corrected chi connectivity index (χ0v) is 15.1. The van der Waals surface area contributed by atoms with Crippen LogP contribution in [0.2, 0.25) is 0 Å². The van der Waals surface area contributed by atoms with Gasteiger partial charge in [-0.05, 0) is 45.1 Å². The van der Waals surface area contributed by atoms with Gasteiger partial charge in [-0.3, -0.25) is 0 Å². The van der Waals surface area contributed by atoms with Gasteiger partial charge in [0.05, 0.1) is 6.61 Å². The molecule has 2 N–H and O–H groups in total. The summed E-state index contributed by atoms with van der Waals surface area (Å²) in [6.45, 7) is 9.63. The standard InChI is InChI=1S/C17H32N4O3/c1-3-24-17(23)21-10-6-15(7-11-21)19-16(22)18-8-12-20-9-4-5-14(2)13-20/h14-15H,3-13H2,1-2H3,(H2,18,19,22). The summed E-state index contributed by atoms with van der Waals surface area (Å²) >= 11 is 0. The molecule has 0 bridgehead atoms. The van der Waals surface area contributed by atoms with Crippen LogP contribution in [0.1, 0.15) is 39.5 Å². The summed E-state index contributed by atoms with van der Waals surface area (Å²) in [4.78, 5) is 27.8. The van der Waals surface area contributed by atoms with Crippen LogP contribution in [0.15, 0.2) is 0 Å². The van der Waals surface area contributed by atoms with Crippen LogP contribution in [0.5, 0.6) is 0 Å². The van der Waals surface area contributed by atoms with Gasteiger partial charge in [-0.25, -0.2) is 9.59 Å². The van der Waals surface area contributed by atoms with Gasteiger partial charge in [0, 0.05) is 38.8 Å². The molecule has 0 aromatic carbocycles. The molecule has 7 heteroatoms. The molecule has 0 radical (unpaired) electrons. The molecule has 1 atom stereocenters. The predicted octanol–water partition coefficient (Wildman–Crippen LogP) is 1.64. The monoisotopic (exact) mass is 340 g/mol. The van der Waals surface area contributed by atoms with Gasteiger partial charge in [-0.2, -0.15) is 0 Å². The second kappa shape index (κ2) is 9.71. The van der Waals surface area contributed by atoms with Crippen LogP contribution in [0.4, 0.5) is 9.59 Å². The van der Waals surface area contributed by atoms with E-state index in [0.29, 0.717) is 26.2 Å². The number of ether oxygens (including phenoxy) is 1. The summed E-state index contributed by atoms with van der Waals surface area (Å²) in [5, 5.41) is 5.96. The number of nitrogens with zero attached hydrogens (tertiary/aromatic N) is 2. The second-order valence-corrected chi connectivity index (χ2v) is 6.91. The summed E-state index contributed by atoms with van der Waals surface area (Å²) < 4.78 is 5.00. The van der Waals surface area contributed by atoms with E-state index in [1.54, 1.807) is 11.8 Å². The van der Waals surface area contributed by atoms with E-state index in [1.807, 2.05) is 0 Å². The lowest BCUT2D eigenvalue weighted by Crippen LogP contribution is -2.50. The van der Waals surface area contributed by atoms with E-state index >= 15 is 0 Å². The molecule has 2 aliphatic heterocycles. The minimum Gasteiger partial charge on any atom is -0.450 e. The average Bonchev–Trinajstić information content (AvgIpc) is 2.56. The fourth-order valence-electron chi connectivity index (χ4n) is 3.47. The van der Waals surface area contributed by atoms with Gasteiger partial charge in [0.15, 0.2) is 0 Å². The highest BCUT2D eigenvalue weighted by Gasteiger charge is 2.24. The SMILES string of the molecule is CCOC(=O)N1CCC(NC(=O)NCCN2CCCC(C)C2)CC1. The summed E-state index contributed by atoms with van der Waals surface area (Å²) in [7, 11) is 0. The molecule has 2 saturated heterocycles. The fourth-order valence-corrected chi connectivity index (χ4v) is 3.47. The lowest BCUT2D eigenvalue weighted by Gasteiger charge is -2.32. The molecule has 0 aliphatic carbocycles. The van der Waals surface area contributed by atoms with Crippen LogP contribution in [-0.2, 0) is 4.74 Å². The van der Waals surface area contributed by atoms with E-state index in [1.165, 1.54) is 12.8 Å². The van der Waals surface area contributed by atoms with Crippen molar-refractivity contribution in [2.75, 3.05) is 45.9 Å². The van der Waals surface area contributed by atoms with Gasteiger partial charge in [-0.15, -0.1) is 0 Å². The Bertz CT molecular complexity index is 411. The molecule has 24 heavy (non-hydrogen) atoms. The first-order valence-corrected chi connectivity index (χ1v) is 9.27. The van der Waals surface area contributed by atoms with Crippen molar-refractivity contribution in [1.29, 1.82) is 0 Å². The maximum absolute atomic E-state index is 12.0. The Morgan fingerprint density at radius 2 is 1.92 bits per heavy atom. The van der Waals surface area contributed by atoms with Crippen molar-refractivity contribution in [2.45, 2.75) is 45.6 Å². The molecule has 0 aromatic rings. The highest BCUT2D eigenvalue weighted by atomic mass is 16.6. The van der Waals surface area contributed by atoms with E-state index in [-0.39, 0.29) is 18.2 Å². The van der Waals surface area contributed by atoms with Crippen LogP contribution >= 0.6 is 0 Å². The van der Waals surface area contributed by atoms with Crippen molar-refractivity contribution in [3.63, 3.8) is 0 Å². The molecule has 2 aliphatic rings. The van der Waals surface area contributed by atoms with Crippen molar-refractivity contribution < 1.29 is 14.3 Å². The minimum absolute atomic E-state index is 0.102. The minimum atomic E-state index is -0.254. The largest absolute Gasteiger partial charge is 0.450 e. The number of hydrogen-bond donors (Lipinski definition) is 2. The number of carbonyl (C=O) groups excluding carboxylic acids is 2. The third kappa shape index (κ3) is 6.19. The molecule has 2 fully saturated rings. The normalized spacial score (nSPS) is 22.9. The van der Waals surface area contributed by atoms with Gasteiger partial charge in [0.2, 0.25) is 0 Å². The Hall–Kier alpha value is -1.50. The Balaban J connectivity index is 1.57. The van der Waals surface area contributed by atoms with Crippen LogP contribution in [0.3, 0.4) is 0 Å². The van der Waals surface area contributed by atoms with Crippen molar-refractivity contribution in [2.24, 2.45) is 5.92 Å². The predicted molar refractivity (Wildman–Crippen MR) is 93.0 cm³/mol. The Labute approximate surface area is 145 Å². The Morgan fingerprint density at radius 1 is 1.17 bits per heavy atom. The van der Waals surface area contributed by atoms with Crippen LogP contribution < -0.4 is 10.6 Å². The van der Waals surface area contributed by atoms with E-state index in [2.05, 4.69) is 22.5 Å². The zero-order valence-electron chi connectivity index (χ0n) is 15.1. The Kier molecular flexibility index (Phi) is 7.62. The number of hydrogen-bond acceptors (Lipinski definition) is 4. The lowest BCUT2D eigenvalue weighted by molar-refractivity contribution is 0.0957. The van der Waals surface area contributed by atoms with Crippen molar-refractivity contribution in [3.8, 4) is 0 Å². The van der Waals surface area contributed by atoms with E-state index in [0.717, 1.165) is 38.4 Å². The third-order valence-electron chi connectivity index (χ3n) is 4.81. The van der Waals surface area contributed by atoms with Crippen molar-refractivity contribution in [1.82, 2.24) is 20.4 Å². The number of rotatable bonds is 5. The van der Waals surface area contributed by atoms with Crippen molar-refractivity contribution in [3.05, 3.63) is 0 Å². The van der Waals surface area contributed by atoms with E-state index < -0.39 is 0 Å². The summed E-state index contributed by atoms with van der Waals surface area (Å²) in [5.41, 5.74) is 0. The van der Waals surface area contributed by atoms with Gasteiger partial charge in [-0.1, -0.05) is 6.92 Å². The first-order valence-electron chi connectivity index (χ1n) is 9.27. The quantitative estimate of drug-likeness (QED) is 0.798. The number of likely N-dealkylation sites (tertiary alicyclic amines) is 2. The first kappa shape index (κ1) is 18.8. The lowest BCUT2D eigenvalue weighted by atomic mass is 10.0. The van der Waals surface area contributed by atoms with Crippen LogP contribution in [0.25, 0.3) is 0 Å². The molecule has 2 heterocycles. The smallest absolute Gasteiger partial charge is 0.409 e. The molecule has 0 spiro atoms. The highest BCUT2D eigenvalue weighted by Crippen LogP contribution is 2.14. The first-order chi connectivity index (χ1) is 11.6. The molecular formula is C17H32N4O3. The summed E-state index contributed by atoms with van der Waals surface area (Å²) in [5.74, 6) is 0.761. The number of amides is 3. The fraction of sp³-hybridized carbons (Fsp3) is 0.882. The molecule has 138 valence electrons. The summed E-state index contributed by atoms with van der Waals surface area (Å²) in [6, 6.07) is 0.0281. The summed E-state index contributed by atoms with van der Waals surface area (Å²) in [6.07, 6.45) is 3.86. The molecule has 0 aromatic heterocycles. The van der Waals surface area contributed by atoms with Crippen molar-refractivity contribution >= 4 is 12.1 Å². The Morgan fingerprint density at radius 3 is 2.58 bits per heavy atom. The average molecular weight is 340 g/mol. The van der Waals surface area contributed by atoms with Gasteiger partial charge < -0.3 is 25.2 Å². The third-order valence-corrected chi connectivity index (χ3v) is 4.81. The van der Waals surface area contributed by atoms with Crippen LogP contribution in [-0.4, -0.2) is 73.8 Å². The van der Waals surface area contributed by atoms with E-state index in [4.69, 9.17) is 4.74 Å². The molecule has 2 rings (SSSR count). The maximum Gasteiger partial charge on any atom is 0.409 e. The van der Waals surface area contributed by atoms with Crippen LogP contribution in [0, 0.1) is 5.92 Å². The topological polar surface area (TPSA) is 73.9 Å². The highest BCUT2D eigenvalue weighted by molar-refractivity contribution is 5.74. The number of carbonyl (C=O) groups is 2.